The lowest BCUT2D eigenvalue weighted by atomic mass is 10.1. The van der Waals surface area contributed by atoms with Crippen LogP contribution in [-0.2, 0) is 9.53 Å². The molecule has 0 saturated heterocycles. The van der Waals surface area contributed by atoms with Crippen molar-refractivity contribution >= 4 is 17.5 Å². The third-order valence-corrected chi connectivity index (χ3v) is 2.52. The van der Waals surface area contributed by atoms with E-state index in [9.17, 15) is 14.9 Å². The second-order valence-electron chi connectivity index (χ2n) is 3.86. The van der Waals surface area contributed by atoms with Crippen molar-refractivity contribution in [2.24, 2.45) is 0 Å². The maximum absolute atomic E-state index is 11.1. The molecule has 0 spiro atoms. The second kappa shape index (κ2) is 5.27. The van der Waals surface area contributed by atoms with Crippen LogP contribution in [0.1, 0.15) is 12.0 Å². The van der Waals surface area contributed by atoms with E-state index in [-0.39, 0.29) is 17.6 Å². The molecule has 92 valence electrons. The molecule has 2 rings (SSSR count). The van der Waals surface area contributed by atoms with Crippen LogP contribution in [0.15, 0.2) is 42.7 Å². The maximum Gasteiger partial charge on any atom is 0.269 e. The van der Waals surface area contributed by atoms with Gasteiger partial charge in [0.25, 0.3) is 5.69 Å². The van der Waals surface area contributed by atoms with Crippen LogP contribution in [0.5, 0.6) is 0 Å². The highest BCUT2D eigenvalue weighted by atomic mass is 16.6. The van der Waals surface area contributed by atoms with E-state index >= 15 is 0 Å². The molecule has 1 atom stereocenters. The van der Waals surface area contributed by atoms with Crippen molar-refractivity contribution in [1.82, 2.24) is 0 Å². The zero-order chi connectivity index (χ0) is 13.0. The molecule has 18 heavy (non-hydrogen) atoms. The van der Waals surface area contributed by atoms with Gasteiger partial charge in [-0.3, -0.25) is 14.9 Å². The van der Waals surface area contributed by atoms with Gasteiger partial charge in [0.2, 0.25) is 0 Å². The minimum absolute atomic E-state index is 0.0274. The molecule has 1 unspecified atom stereocenters. The minimum atomic E-state index is -0.443. The summed E-state index contributed by atoms with van der Waals surface area (Å²) in [5.41, 5.74) is 0.880. The van der Waals surface area contributed by atoms with E-state index in [4.69, 9.17) is 4.74 Å². The molecular formula is C13H11NO4. The van der Waals surface area contributed by atoms with E-state index in [1.165, 1.54) is 24.5 Å². The lowest BCUT2D eigenvalue weighted by molar-refractivity contribution is -0.384. The molecule has 0 saturated carbocycles. The first-order valence-electron chi connectivity index (χ1n) is 5.42. The van der Waals surface area contributed by atoms with Crippen molar-refractivity contribution in [2.45, 2.75) is 12.5 Å². The van der Waals surface area contributed by atoms with Crippen molar-refractivity contribution in [3.8, 4) is 0 Å². The number of nitro groups is 1. The van der Waals surface area contributed by atoms with Crippen LogP contribution in [0.25, 0.3) is 6.08 Å². The molecule has 1 aromatic carbocycles. The van der Waals surface area contributed by atoms with Crippen molar-refractivity contribution in [2.75, 3.05) is 0 Å². The molecule has 1 aliphatic rings. The summed E-state index contributed by atoms with van der Waals surface area (Å²) in [6.45, 7) is 0. The first kappa shape index (κ1) is 12.0. The van der Waals surface area contributed by atoms with E-state index in [1.54, 1.807) is 24.3 Å². The Kier molecular flexibility index (Phi) is 3.52. The number of hydrogen-bond acceptors (Lipinski definition) is 4. The number of non-ortho nitro benzene ring substituents is 1. The van der Waals surface area contributed by atoms with Crippen LogP contribution in [0.4, 0.5) is 5.69 Å². The fraction of sp³-hybridized carbons (Fsp3) is 0.154. The summed E-state index contributed by atoms with van der Waals surface area (Å²) >= 11 is 0. The predicted octanol–water partition coefficient (Wildman–Crippen LogP) is 2.48. The number of hydrogen-bond donors (Lipinski definition) is 0. The number of ether oxygens (including phenoxy) is 1. The highest BCUT2D eigenvalue weighted by Gasteiger charge is 2.13. The predicted molar refractivity (Wildman–Crippen MR) is 65.8 cm³/mol. The average Bonchev–Trinajstić information content (AvgIpc) is 2.37. The lowest BCUT2D eigenvalue weighted by Crippen LogP contribution is -2.15. The third kappa shape index (κ3) is 3.04. The smallest absolute Gasteiger partial charge is 0.269 e. The number of benzene rings is 1. The Labute approximate surface area is 104 Å². The molecule has 1 aliphatic heterocycles. The molecule has 5 nitrogen and oxygen atoms in total. The summed E-state index contributed by atoms with van der Waals surface area (Å²) in [5, 5.41) is 10.5. The summed E-state index contributed by atoms with van der Waals surface area (Å²) in [5.74, 6) is 0.0274. The van der Waals surface area contributed by atoms with E-state index < -0.39 is 4.92 Å². The van der Waals surface area contributed by atoms with Crippen LogP contribution in [0.3, 0.4) is 0 Å². The van der Waals surface area contributed by atoms with Crippen LogP contribution >= 0.6 is 0 Å². The largest absolute Gasteiger partial charge is 0.493 e. The monoisotopic (exact) mass is 245 g/mol. The topological polar surface area (TPSA) is 69.4 Å². The molecular weight excluding hydrogens is 234 g/mol. The third-order valence-electron chi connectivity index (χ3n) is 2.52. The number of ketones is 1. The summed E-state index contributed by atoms with van der Waals surface area (Å²) in [7, 11) is 0. The molecule has 0 amide bonds. The van der Waals surface area contributed by atoms with Crippen LogP contribution in [0, 0.1) is 10.1 Å². The lowest BCUT2D eigenvalue weighted by Gasteiger charge is -2.14. The number of nitrogens with zero attached hydrogens (tertiary/aromatic N) is 1. The highest BCUT2D eigenvalue weighted by Crippen LogP contribution is 2.15. The van der Waals surface area contributed by atoms with Crippen LogP contribution < -0.4 is 0 Å². The molecule has 0 radical (unpaired) electrons. The first-order chi connectivity index (χ1) is 8.65. The van der Waals surface area contributed by atoms with Crippen LogP contribution in [-0.4, -0.2) is 16.8 Å². The van der Waals surface area contributed by atoms with E-state index in [0.717, 1.165) is 5.56 Å². The van der Waals surface area contributed by atoms with Gasteiger partial charge >= 0.3 is 0 Å². The summed E-state index contributed by atoms with van der Waals surface area (Å²) < 4.78 is 5.24. The van der Waals surface area contributed by atoms with Gasteiger partial charge < -0.3 is 4.74 Å². The second-order valence-corrected chi connectivity index (χ2v) is 3.86. The molecule has 1 heterocycles. The van der Waals surface area contributed by atoms with Crippen molar-refractivity contribution in [3.63, 3.8) is 0 Å². The Morgan fingerprint density at radius 3 is 2.67 bits per heavy atom. The molecule has 0 aromatic heterocycles. The van der Waals surface area contributed by atoms with Crippen molar-refractivity contribution < 1.29 is 14.5 Å². The fourth-order valence-electron chi connectivity index (χ4n) is 1.57. The van der Waals surface area contributed by atoms with Crippen molar-refractivity contribution in [1.29, 1.82) is 0 Å². The summed E-state index contributed by atoms with van der Waals surface area (Å²) in [4.78, 5) is 21.2. The normalized spacial score (nSPS) is 18.9. The standard InChI is InChI=1S/C13H11NO4/c15-12-7-8-18-13(9-12)6-3-10-1-4-11(5-2-10)14(16)17/h1-8,13H,9H2/b6-3+. The Hall–Kier alpha value is -2.43. The number of carbonyl (C=O) groups is 1. The van der Waals surface area contributed by atoms with Crippen LogP contribution in [0.2, 0.25) is 0 Å². The first-order valence-corrected chi connectivity index (χ1v) is 5.42. The van der Waals surface area contributed by atoms with Gasteiger partial charge in [0, 0.05) is 18.2 Å². The maximum atomic E-state index is 11.1. The number of allylic oxidation sites excluding steroid dienone is 1. The Morgan fingerprint density at radius 1 is 1.33 bits per heavy atom. The van der Waals surface area contributed by atoms with E-state index in [1.807, 2.05) is 0 Å². The van der Waals surface area contributed by atoms with Gasteiger partial charge in [0.05, 0.1) is 17.6 Å². The number of rotatable bonds is 3. The summed E-state index contributed by atoms with van der Waals surface area (Å²) in [6.07, 6.45) is 6.38. The number of carbonyl (C=O) groups excluding carboxylic acids is 1. The molecule has 0 bridgehead atoms. The fourth-order valence-corrected chi connectivity index (χ4v) is 1.57. The van der Waals surface area contributed by atoms with Gasteiger partial charge in [-0.2, -0.15) is 0 Å². The molecule has 1 aromatic rings. The zero-order valence-corrected chi connectivity index (χ0v) is 9.48. The van der Waals surface area contributed by atoms with Gasteiger partial charge in [0.1, 0.15) is 6.10 Å². The highest BCUT2D eigenvalue weighted by molar-refractivity contribution is 5.90. The Morgan fingerprint density at radius 2 is 2.06 bits per heavy atom. The van der Waals surface area contributed by atoms with E-state index in [2.05, 4.69) is 0 Å². The van der Waals surface area contributed by atoms with Gasteiger partial charge in [-0.1, -0.05) is 6.08 Å². The molecule has 0 N–H and O–H groups in total. The average molecular weight is 245 g/mol. The van der Waals surface area contributed by atoms with Gasteiger partial charge in [0.15, 0.2) is 5.78 Å². The molecule has 0 aliphatic carbocycles. The minimum Gasteiger partial charge on any atom is -0.493 e. The van der Waals surface area contributed by atoms with Gasteiger partial charge in [-0.15, -0.1) is 0 Å². The Bertz CT molecular complexity index is 516. The Balaban J connectivity index is 2.03. The molecule has 5 heteroatoms. The quantitative estimate of drug-likeness (QED) is 0.606. The zero-order valence-electron chi connectivity index (χ0n) is 9.48. The van der Waals surface area contributed by atoms with E-state index in [0.29, 0.717) is 6.42 Å². The molecule has 0 fully saturated rings. The van der Waals surface area contributed by atoms with Gasteiger partial charge in [-0.05, 0) is 23.8 Å². The van der Waals surface area contributed by atoms with Crippen molar-refractivity contribution in [3.05, 3.63) is 58.4 Å². The number of nitro benzene ring substituents is 1. The SMILES string of the molecule is O=C1C=COC(/C=C/c2ccc([N+](=O)[O-])cc2)C1. The van der Waals surface area contributed by atoms with Gasteiger partial charge in [-0.25, -0.2) is 0 Å². The summed E-state index contributed by atoms with van der Waals surface area (Å²) in [6, 6.07) is 6.17.